The number of hydrogen-bond donors (Lipinski definition) is 1. The average molecular weight is 328 g/mol. The van der Waals surface area contributed by atoms with Crippen molar-refractivity contribution in [3.63, 3.8) is 0 Å². The number of ether oxygens (including phenoxy) is 1. The lowest BCUT2D eigenvalue weighted by Gasteiger charge is -2.27. The number of rotatable bonds is 5. The number of hydrogen-bond acceptors (Lipinski definition) is 6. The van der Waals surface area contributed by atoms with Gasteiger partial charge >= 0.3 is 0 Å². The van der Waals surface area contributed by atoms with Gasteiger partial charge in [-0.25, -0.2) is 4.98 Å². The minimum atomic E-state index is -0.220. The number of anilines is 1. The first-order valence-electron chi connectivity index (χ1n) is 8.32. The van der Waals surface area contributed by atoms with E-state index in [-0.39, 0.29) is 5.91 Å². The van der Waals surface area contributed by atoms with Crippen LogP contribution >= 0.6 is 0 Å². The summed E-state index contributed by atoms with van der Waals surface area (Å²) in [6.07, 6.45) is 4.04. The molecule has 0 spiro atoms. The maximum Gasteiger partial charge on any atom is 0.273 e. The molecule has 1 amide bonds. The number of amides is 1. The van der Waals surface area contributed by atoms with Gasteiger partial charge < -0.3 is 19.5 Å². The van der Waals surface area contributed by atoms with E-state index in [9.17, 15) is 4.79 Å². The number of aromatic nitrogens is 2. The second-order valence-corrected chi connectivity index (χ2v) is 6.20. The zero-order chi connectivity index (χ0) is 16.4. The molecule has 1 aliphatic heterocycles. The van der Waals surface area contributed by atoms with E-state index in [1.165, 1.54) is 0 Å². The fraction of sp³-hybridized carbons (Fsp3) is 0.471. The summed E-state index contributed by atoms with van der Waals surface area (Å²) in [5, 5.41) is 6.70. The molecule has 126 valence electrons. The summed E-state index contributed by atoms with van der Waals surface area (Å²) in [7, 11) is 0. The highest BCUT2D eigenvalue weighted by Gasteiger charge is 2.28. The van der Waals surface area contributed by atoms with E-state index in [2.05, 4.69) is 20.4 Å². The SMILES string of the molecule is O=C(NCc1ccc(N2CCOCC2)nc1)c1cc(C2CC2)on1. The molecule has 0 aromatic carbocycles. The van der Waals surface area contributed by atoms with Gasteiger partial charge in [-0.2, -0.15) is 0 Å². The molecule has 1 aliphatic carbocycles. The van der Waals surface area contributed by atoms with Gasteiger partial charge in [-0.15, -0.1) is 0 Å². The summed E-state index contributed by atoms with van der Waals surface area (Å²) in [5.74, 6) is 1.99. The van der Waals surface area contributed by atoms with E-state index in [1.807, 2.05) is 12.1 Å². The molecule has 1 N–H and O–H groups in total. The topological polar surface area (TPSA) is 80.5 Å². The molecule has 2 fully saturated rings. The standard InChI is InChI=1S/C17H20N4O3/c22-17(14-9-15(24-20-14)13-2-3-13)19-11-12-1-4-16(18-10-12)21-5-7-23-8-6-21/h1,4,9-10,13H,2-3,5-8,11H2,(H,19,22). The van der Waals surface area contributed by atoms with E-state index in [0.717, 1.165) is 56.3 Å². The van der Waals surface area contributed by atoms with Gasteiger partial charge in [-0.1, -0.05) is 11.2 Å². The molecule has 2 aromatic heterocycles. The van der Waals surface area contributed by atoms with Gasteiger partial charge in [-0.05, 0) is 24.5 Å². The van der Waals surface area contributed by atoms with Gasteiger partial charge in [0.25, 0.3) is 5.91 Å². The van der Waals surface area contributed by atoms with Crippen LogP contribution in [0.4, 0.5) is 5.82 Å². The monoisotopic (exact) mass is 328 g/mol. The molecule has 7 heteroatoms. The quantitative estimate of drug-likeness (QED) is 0.900. The van der Waals surface area contributed by atoms with Gasteiger partial charge in [0.1, 0.15) is 11.6 Å². The van der Waals surface area contributed by atoms with Crippen molar-refractivity contribution in [3.8, 4) is 0 Å². The van der Waals surface area contributed by atoms with Crippen LogP contribution in [0.1, 0.15) is 40.6 Å². The Labute approximate surface area is 140 Å². The predicted molar refractivity (Wildman–Crippen MR) is 86.9 cm³/mol. The highest BCUT2D eigenvalue weighted by atomic mass is 16.5. The molecule has 4 rings (SSSR count). The highest BCUT2D eigenvalue weighted by molar-refractivity contribution is 5.92. The van der Waals surface area contributed by atoms with Crippen molar-refractivity contribution in [1.82, 2.24) is 15.5 Å². The van der Waals surface area contributed by atoms with Crippen LogP contribution in [0.2, 0.25) is 0 Å². The van der Waals surface area contributed by atoms with Crippen molar-refractivity contribution >= 4 is 11.7 Å². The number of pyridine rings is 1. The lowest BCUT2D eigenvalue weighted by atomic mass is 10.2. The van der Waals surface area contributed by atoms with E-state index in [4.69, 9.17) is 9.26 Å². The average Bonchev–Trinajstić information content (AvgIpc) is 3.38. The minimum absolute atomic E-state index is 0.220. The third-order valence-electron chi connectivity index (χ3n) is 4.34. The molecule has 0 radical (unpaired) electrons. The first-order valence-corrected chi connectivity index (χ1v) is 8.32. The third-order valence-corrected chi connectivity index (χ3v) is 4.34. The normalized spacial score (nSPS) is 17.8. The molecular weight excluding hydrogens is 308 g/mol. The molecule has 7 nitrogen and oxygen atoms in total. The molecule has 24 heavy (non-hydrogen) atoms. The van der Waals surface area contributed by atoms with Crippen LogP contribution < -0.4 is 10.2 Å². The van der Waals surface area contributed by atoms with Crippen LogP contribution in [0.15, 0.2) is 28.9 Å². The van der Waals surface area contributed by atoms with Crippen LogP contribution in [-0.4, -0.2) is 42.4 Å². The number of carbonyl (C=O) groups excluding carboxylic acids is 1. The first kappa shape index (κ1) is 15.1. The Morgan fingerprint density at radius 2 is 2.12 bits per heavy atom. The van der Waals surface area contributed by atoms with Crippen molar-refractivity contribution in [1.29, 1.82) is 0 Å². The van der Waals surface area contributed by atoms with Crippen LogP contribution in [0.3, 0.4) is 0 Å². The maximum atomic E-state index is 12.1. The van der Waals surface area contributed by atoms with Gasteiger partial charge in [0.15, 0.2) is 5.69 Å². The van der Waals surface area contributed by atoms with Gasteiger partial charge in [0, 0.05) is 37.8 Å². The van der Waals surface area contributed by atoms with Crippen LogP contribution in [0.25, 0.3) is 0 Å². The zero-order valence-corrected chi connectivity index (χ0v) is 13.4. The molecule has 3 heterocycles. The molecular formula is C17H20N4O3. The fourth-order valence-corrected chi connectivity index (χ4v) is 2.73. The Morgan fingerprint density at radius 3 is 2.83 bits per heavy atom. The van der Waals surface area contributed by atoms with Crippen LogP contribution in [0, 0.1) is 0 Å². The van der Waals surface area contributed by atoms with Crippen LogP contribution in [0.5, 0.6) is 0 Å². The first-order chi connectivity index (χ1) is 11.8. The van der Waals surface area contributed by atoms with Gasteiger partial charge in [-0.3, -0.25) is 4.79 Å². The zero-order valence-electron chi connectivity index (χ0n) is 13.4. The van der Waals surface area contributed by atoms with Crippen molar-refractivity contribution < 1.29 is 14.1 Å². The molecule has 1 saturated heterocycles. The molecule has 2 aliphatic rings. The number of carbonyl (C=O) groups is 1. The van der Waals surface area contributed by atoms with Gasteiger partial charge in [0.05, 0.1) is 13.2 Å². The maximum absolute atomic E-state index is 12.1. The Kier molecular flexibility index (Phi) is 4.17. The Hall–Kier alpha value is -2.41. The highest BCUT2D eigenvalue weighted by Crippen LogP contribution is 2.40. The summed E-state index contributed by atoms with van der Waals surface area (Å²) >= 11 is 0. The van der Waals surface area contributed by atoms with Crippen LogP contribution in [-0.2, 0) is 11.3 Å². The van der Waals surface area contributed by atoms with Crippen molar-refractivity contribution in [2.24, 2.45) is 0 Å². The lowest BCUT2D eigenvalue weighted by Crippen LogP contribution is -2.36. The largest absolute Gasteiger partial charge is 0.378 e. The summed E-state index contributed by atoms with van der Waals surface area (Å²) in [4.78, 5) is 18.8. The number of nitrogens with zero attached hydrogens (tertiary/aromatic N) is 3. The Bertz CT molecular complexity index is 703. The van der Waals surface area contributed by atoms with E-state index < -0.39 is 0 Å². The summed E-state index contributed by atoms with van der Waals surface area (Å²) < 4.78 is 10.5. The molecule has 1 saturated carbocycles. The smallest absolute Gasteiger partial charge is 0.273 e. The number of morpholine rings is 1. The Morgan fingerprint density at radius 1 is 1.29 bits per heavy atom. The second-order valence-electron chi connectivity index (χ2n) is 6.20. The predicted octanol–water partition coefficient (Wildman–Crippen LogP) is 1.71. The minimum Gasteiger partial charge on any atom is -0.378 e. The number of nitrogens with one attached hydrogen (secondary N) is 1. The fourth-order valence-electron chi connectivity index (χ4n) is 2.73. The lowest BCUT2D eigenvalue weighted by molar-refractivity contribution is 0.0941. The van der Waals surface area contributed by atoms with Gasteiger partial charge in [0.2, 0.25) is 0 Å². The summed E-state index contributed by atoms with van der Waals surface area (Å²) in [6, 6.07) is 5.71. The van der Waals surface area contributed by atoms with Crippen molar-refractivity contribution in [3.05, 3.63) is 41.4 Å². The van der Waals surface area contributed by atoms with Crippen molar-refractivity contribution in [2.75, 3.05) is 31.2 Å². The van der Waals surface area contributed by atoms with E-state index >= 15 is 0 Å². The molecule has 2 aromatic rings. The molecule has 0 bridgehead atoms. The molecule has 0 unspecified atom stereocenters. The second kappa shape index (κ2) is 6.60. The Balaban J connectivity index is 1.32. The van der Waals surface area contributed by atoms with E-state index in [1.54, 1.807) is 12.3 Å². The molecule has 0 atom stereocenters. The summed E-state index contributed by atoms with van der Waals surface area (Å²) in [6.45, 7) is 3.61. The van der Waals surface area contributed by atoms with E-state index in [0.29, 0.717) is 18.2 Å². The third kappa shape index (κ3) is 3.41. The van der Waals surface area contributed by atoms with Crippen molar-refractivity contribution in [2.45, 2.75) is 25.3 Å². The summed E-state index contributed by atoms with van der Waals surface area (Å²) in [5.41, 5.74) is 1.29.